The molecule has 3 N–H and O–H groups in total. The number of aliphatic hydroxyl groups is 2. The highest BCUT2D eigenvalue weighted by atomic mass is 32.2. The van der Waals surface area contributed by atoms with Crippen LogP contribution in [0.25, 0.3) is 28.0 Å². The topological polar surface area (TPSA) is 138 Å². The molecule has 0 fully saturated rings. The number of fused-ring (bicyclic) bond motifs is 1. The number of rotatable bonds is 13. The Bertz CT molecular complexity index is 1710. The second-order valence-electron chi connectivity index (χ2n) is 15.6. The van der Waals surface area contributed by atoms with Crippen molar-refractivity contribution in [3.8, 4) is 22.8 Å². The number of nitrogens with one attached hydrogen (secondary N) is 1. The lowest BCUT2D eigenvalue weighted by Gasteiger charge is -2.36. The van der Waals surface area contributed by atoms with Crippen LogP contribution in [0.1, 0.15) is 86.5 Å². The zero-order valence-electron chi connectivity index (χ0n) is 30.3. The summed E-state index contributed by atoms with van der Waals surface area (Å²) in [4.78, 5) is 9.80. The number of hydrogen-bond donors (Lipinski definition) is 3. The van der Waals surface area contributed by atoms with Crippen LogP contribution >= 0.6 is 0 Å². The normalized spacial score (nSPS) is 15.0. The van der Waals surface area contributed by atoms with Crippen LogP contribution < -0.4 is 9.46 Å². The summed E-state index contributed by atoms with van der Waals surface area (Å²) in [5.74, 6) is 1.15. The van der Waals surface area contributed by atoms with E-state index < -0.39 is 35.8 Å². The highest BCUT2D eigenvalue weighted by Crippen LogP contribution is 2.38. The molecule has 0 aliphatic carbocycles. The Morgan fingerprint density at radius 1 is 0.958 bits per heavy atom. The minimum atomic E-state index is -1.98. The van der Waals surface area contributed by atoms with E-state index in [0.717, 1.165) is 16.6 Å². The van der Waals surface area contributed by atoms with Gasteiger partial charge in [-0.15, -0.1) is 4.72 Å². The Kier molecular flexibility index (Phi) is 11.2. The minimum absolute atomic E-state index is 0.0571. The van der Waals surface area contributed by atoms with Crippen LogP contribution in [0, 0.1) is 0 Å². The Hall–Kier alpha value is -2.84. The van der Waals surface area contributed by atoms with Gasteiger partial charge in [-0.2, -0.15) is 5.10 Å². The first-order valence-corrected chi connectivity index (χ1v) is 20.6. The summed E-state index contributed by atoms with van der Waals surface area (Å²) in [5, 5.41) is 27.8. The fourth-order valence-electron chi connectivity index (χ4n) is 4.66. The van der Waals surface area contributed by atoms with Gasteiger partial charge in [-0.1, -0.05) is 46.2 Å². The van der Waals surface area contributed by atoms with Gasteiger partial charge in [-0.05, 0) is 95.6 Å². The molecule has 0 aliphatic rings. The quantitative estimate of drug-likeness (QED) is 0.0756. The third kappa shape index (κ3) is 9.03. The first-order valence-electron chi connectivity index (χ1n) is 16.5. The molecule has 10 nitrogen and oxygen atoms in total. The van der Waals surface area contributed by atoms with Crippen molar-refractivity contribution in [2.24, 2.45) is 0 Å². The molecule has 0 aliphatic heterocycles. The van der Waals surface area contributed by atoms with Gasteiger partial charge in [0.25, 0.3) is 0 Å². The van der Waals surface area contributed by atoms with Crippen molar-refractivity contribution >= 4 is 30.6 Å². The van der Waals surface area contributed by atoms with Gasteiger partial charge in [-0.3, -0.25) is 0 Å². The van der Waals surface area contributed by atoms with Crippen LogP contribution in [0.2, 0.25) is 18.1 Å². The molecule has 262 valence electrons. The number of ether oxygens (including phenoxy) is 1. The summed E-state index contributed by atoms with van der Waals surface area (Å²) >= 11 is -1.53. The summed E-state index contributed by atoms with van der Waals surface area (Å²) in [6.45, 7) is 22.4. The zero-order valence-corrected chi connectivity index (χ0v) is 32.2. The highest BCUT2D eigenvalue weighted by molar-refractivity contribution is 7.90. The second-order valence-corrected chi connectivity index (χ2v) is 22.4. The Morgan fingerprint density at radius 2 is 1.65 bits per heavy atom. The number of hydrogen-bond acceptors (Lipinski definition) is 9. The number of nitrogens with zero attached hydrogens (tertiary/aromatic N) is 4. The van der Waals surface area contributed by atoms with Gasteiger partial charge in [-0.25, -0.2) is 14.6 Å². The van der Waals surface area contributed by atoms with E-state index in [1.54, 1.807) is 30.8 Å². The lowest BCUT2D eigenvalue weighted by molar-refractivity contribution is 0.0100. The molecule has 4 rings (SSSR count). The van der Waals surface area contributed by atoms with Gasteiger partial charge in [0.1, 0.15) is 17.1 Å². The van der Waals surface area contributed by atoms with Crippen LogP contribution in [0.5, 0.6) is 5.75 Å². The van der Waals surface area contributed by atoms with Crippen LogP contribution in [-0.4, -0.2) is 59.8 Å². The minimum Gasteiger partial charge on any atom is -0.598 e. The standard InChI is InChI=1S/C36H53N5O5SSi/c1-12-19-36(43,40-47(44)33(2,3)4)31-17-14-16-28(39-31)25-20-29-27(30(21-25)45-24-35(8,9)42)22-37-41(29)32-18-13-15-26(38-32)23-46-48(10,11)34(5,6)7/h13-18,20-22,40,42-43H,12,19,23-24H2,1-11H3/t36-,47+/m0/s1. The van der Waals surface area contributed by atoms with Crippen molar-refractivity contribution in [3.63, 3.8) is 0 Å². The maximum absolute atomic E-state index is 13.1. The molecule has 2 atom stereocenters. The highest BCUT2D eigenvalue weighted by Gasteiger charge is 2.40. The molecule has 0 bridgehead atoms. The maximum Gasteiger partial charge on any atom is 0.200 e. The first-order chi connectivity index (χ1) is 22.1. The van der Waals surface area contributed by atoms with Gasteiger partial charge in [0.05, 0.1) is 46.4 Å². The summed E-state index contributed by atoms with van der Waals surface area (Å²) in [6, 6.07) is 15.1. The van der Waals surface area contributed by atoms with Gasteiger partial charge in [0, 0.05) is 16.9 Å². The number of aromatic nitrogens is 4. The molecule has 0 radical (unpaired) electrons. The Balaban J connectivity index is 1.80. The van der Waals surface area contributed by atoms with Crippen LogP contribution in [-0.2, 0) is 28.1 Å². The molecule has 3 heterocycles. The molecular weight excluding hydrogens is 643 g/mol. The summed E-state index contributed by atoms with van der Waals surface area (Å²) in [5.41, 5.74) is 0.523. The molecule has 48 heavy (non-hydrogen) atoms. The van der Waals surface area contributed by atoms with Crippen molar-refractivity contribution in [2.75, 3.05) is 6.61 Å². The SMILES string of the molecule is CCC[C@@](O)(N[S@+]([O-])C(C)(C)C)c1cccc(-c2cc(OCC(C)(C)O)c3cnn(-c4cccc(CO[Si](C)(C)C(C)(C)C)n4)c3c2)n1. The molecule has 0 saturated heterocycles. The van der Waals surface area contributed by atoms with Crippen LogP contribution in [0.4, 0.5) is 0 Å². The van der Waals surface area contributed by atoms with E-state index in [0.29, 0.717) is 48.0 Å². The van der Waals surface area contributed by atoms with E-state index in [1.165, 1.54) is 0 Å². The van der Waals surface area contributed by atoms with Crippen LogP contribution in [0.3, 0.4) is 0 Å². The van der Waals surface area contributed by atoms with Gasteiger partial charge in [0.2, 0.25) is 0 Å². The van der Waals surface area contributed by atoms with E-state index in [1.807, 2.05) is 70.2 Å². The van der Waals surface area contributed by atoms with E-state index in [4.69, 9.17) is 24.2 Å². The van der Waals surface area contributed by atoms with Crippen LogP contribution in [0.15, 0.2) is 54.7 Å². The monoisotopic (exact) mass is 695 g/mol. The van der Waals surface area contributed by atoms with E-state index in [9.17, 15) is 14.8 Å². The fraction of sp³-hybridized carbons (Fsp3) is 0.528. The maximum atomic E-state index is 13.1. The second kappa shape index (κ2) is 14.2. The number of benzene rings is 1. The van der Waals surface area contributed by atoms with Crippen molar-refractivity contribution in [2.45, 2.75) is 116 Å². The first kappa shape index (κ1) is 38.0. The number of pyridine rings is 2. The van der Waals surface area contributed by atoms with Crippen molar-refractivity contribution in [3.05, 3.63) is 66.1 Å². The van der Waals surface area contributed by atoms with Gasteiger partial charge < -0.3 is 23.9 Å². The summed E-state index contributed by atoms with van der Waals surface area (Å²) in [6.07, 6.45) is 2.69. The average molecular weight is 696 g/mol. The zero-order chi connectivity index (χ0) is 35.7. The molecule has 0 saturated carbocycles. The molecule has 0 spiro atoms. The molecule has 1 aromatic carbocycles. The lowest BCUT2D eigenvalue weighted by atomic mass is 10.0. The van der Waals surface area contributed by atoms with E-state index in [2.05, 4.69) is 38.6 Å². The molecule has 3 aromatic heterocycles. The Labute approximate surface area is 289 Å². The molecule has 4 aromatic rings. The lowest BCUT2D eigenvalue weighted by Crippen LogP contribution is -2.51. The fourth-order valence-corrected chi connectivity index (χ4v) is 6.42. The average Bonchev–Trinajstić information content (AvgIpc) is 3.42. The van der Waals surface area contributed by atoms with Crippen molar-refractivity contribution in [1.82, 2.24) is 24.5 Å². The third-order valence-electron chi connectivity index (χ3n) is 8.53. The Morgan fingerprint density at radius 3 is 2.27 bits per heavy atom. The van der Waals surface area contributed by atoms with E-state index >= 15 is 0 Å². The molecule has 0 amide bonds. The van der Waals surface area contributed by atoms with Crippen molar-refractivity contribution in [1.29, 1.82) is 0 Å². The van der Waals surface area contributed by atoms with Crippen molar-refractivity contribution < 1.29 is 23.9 Å². The smallest absolute Gasteiger partial charge is 0.200 e. The molecule has 0 unspecified atom stereocenters. The molecule has 12 heteroatoms. The predicted octanol–water partition coefficient (Wildman–Crippen LogP) is 7.15. The third-order valence-corrected chi connectivity index (χ3v) is 14.6. The largest absolute Gasteiger partial charge is 0.598 e. The predicted molar refractivity (Wildman–Crippen MR) is 196 cm³/mol. The summed E-state index contributed by atoms with van der Waals surface area (Å²) < 4.78 is 29.8. The summed E-state index contributed by atoms with van der Waals surface area (Å²) in [7, 11) is -1.98. The van der Waals surface area contributed by atoms with E-state index in [-0.39, 0.29) is 11.6 Å². The van der Waals surface area contributed by atoms with Gasteiger partial charge in [0.15, 0.2) is 19.9 Å². The van der Waals surface area contributed by atoms with Gasteiger partial charge >= 0.3 is 0 Å². The molecular formula is C36H53N5O5SSi.